The molecule has 0 aliphatic heterocycles. The van der Waals surface area contributed by atoms with Gasteiger partial charge in [-0.25, -0.2) is 0 Å². The Labute approximate surface area is 104 Å². The van der Waals surface area contributed by atoms with Crippen LogP contribution in [0.4, 0.5) is 5.69 Å². The molecule has 90 valence electrons. The summed E-state index contributed by atoms with van der Waals surface area (Å²) in [6, 6.07) is 1.86. The number of anilines is 1. The first kappa shape index (κ1) is 13.4. The molecule has 1 unspecified atom stereocenters. The predicted octanol–water partition coefficient (Wildman–Crippen LogP) is 2.04. The zero-order valence-corrected chi connectivity index (χ0v) is 11.1. The van der Waals surface area contributed by atoms with Crippen LogP contribution >= 0.6 is 15.9 Å². The lowest BCUT2D eigenvalue weighted by atomic mass is 10.0. The molecule has 16 heavy (non-hydrogen) atoms. The molecular weight excluding hydrogens is 272 g/mol. The van der Waals surface area contributed by atoms with Crippen LogP contribution in [0.5, 0.6) is 0 Å². The van der Waals surface area contributed by atoms with Crippen molar-refractivity contribution in [2.24, 2.45) is 0 Å². The predicted molar refractivity (Wildman–Crippen MR) is 67.5 cm³/mol. The Morgan fingerprint density at radius 1 is 1.62 bits per heavy atom. The minimum absolute atomic E-state index is 0.471. The van der Waals surface area contributed by atoms with Gasteiger partial charge in [-0.3, -0.25) is 4.98 Å². The smallest absolute Gasteiger partial charge is 0.0813 e. The molecular formula is C11H17BrN2O2. The van der Waals surface area contributed by atoms with Crippen LogP contribution in [0.2, 0.25) is 0 Å². The van der Waals surface area contributed by atoms with Crippen LogP contribution in [0, 0.1) is 0 Å². The van der Waals surface area contributed by atoms with Gasteiger partial charge in [0.25, 0.3) is 0 Å². The van der Waals surface area contributed by atoms with Crippen molar-refractivity contribution in [1.29, 1.82) is 0 Å². The molecule has 0 aliphatic rings. The lowest BCUT2D eigenvalue weighted by Crippen LogP contribution is -2.34. The van der Waals surface area contributed by atoms with E-state index in [4.69, 9.17) is 4.74 Å². The lowest BCUT2D eigenvalue weighted by Gasteiger charge is -2.24. The largest absolute Gasteiger partial charge is 0.388 e. The number of methoxy groups -OCH3 is 1. The third kappa shape index (κ3) is 4.47. The van der Waals surface area contributed by atoms with Crippen molar-refractivity contribution in [2.75, 3.05) is 25.6 Å². The summed E-state index contributed by atoms with van der Waals surface area (Å²) in [5, 5.41) is 13.2. The minimum atomic E-state index is -0.779. The average Bonchev–Trinajstić information content (AvgIpc) is 2.26. The number of pyridine rings is 1. The first-order valence-corrected chi connectivity index (χ1v) is 5.89. The van der Waals surface area contributed by atoms with Gasteiger partial charge < -0.3 is 15.2 Å². The fraction of sp³-hybridized carbons (Fsp3) is 0.545. The molecule has 0 amide bonds. The fourth-order valence-corrected chi connectivity index (χ4v) is 1.61. The Kier molecular flexibility index (Phi) is 5.18. The Hall–Kier alpha value is -0.650. The van der Waals surface area contributed by atoms with E-state index in [1.54, 1.807) is 26.4 Å². The van der Waals surface area contributed by atoms with E-state index in [0.29, 0.717) is 19.6 Å². The quantitative estimate of drug-likeness (QED) is 0.841. The van der Waals surface area contributed by atoms with Gasteiger partial charge >= 0.3 is 0 Å². The Bertz CT molecular complexity index is 332. The number of nitrogens with zero attached hydrogens (tertiary/aromatic N) is 1. The summed E-state index contributed by atoms with van der Waals surface area (Å²) in [4.78, 5) is 3.97. The SMILES string of the molecule is COCCC(C)(O)CNc1ccncc1Br. The van der Waals surface area contributed by atoms with E-state index in [-0.39, 0.29) is 0 Å². The molecule has 0 aromatic carbocycles. The topological polar surface area (TPSA) is 54.4 Å². The number of aromatic nitrogens is 1. The monoisotopic (exact) mass is 288 g/mol. The molecule has 0 saturated carbocycles. The second kappa shape index (κ2) is 6.18. The molecule has 5 heteroatoms. The van der Waals surface area contributed by atoms with Crippen molar-refractivity contribution in [3.8, 4) is 0 Å². The van der Waals surface area contributed by atoms with Crippen LogP contribution in [0.25, 0.3) is 0 Å². The molecule has 0 saturated heterocycles. The van der Waals surface area contributed by atoms with E-state index >= 15 is 0 Å². The summed E-state index contributed by atoms with van der Waals surface area (Å²) in [5.41, 5.74) is 0.145. The molecule has 0 fully saturated rings. The van der Waals surface area contributed by atoms with Gasteiger partial charge in [-0.1, -0.05) is 0 Å². The number of rotatable bonds is 6. The summed E-state index contributed by atoms with van der Waals surface area (Å²) >= 11 is 3.39. The third-order valence-electron chi connectivity index (χ3n) is 2.28. The van der Waals surface area contributed by atoms with Crippen LogP contribution < -0.4 is 5.32 Å². The zero-order valence-electron chi connectivity index (χ0n) is 9.53. The highest BCUT2D eigenvalue weighted by Crippen LogP contribution is 2.21. The highest BCUT2D eigenvalue weighted by molar-refractivity contribution is 9.10. The Morgan fingerprint density at radius 2 is 2.38 bits per heavy atom. The molecule has 1 aromatic heterocycles. The van der Waals surface area contributed by atoms with E-state index in [0.717, 1.165) is 10.2 Å². The van der Waals surface area contributed by atoms with Crippen LogP contribution in [-0.2, 0) is 4.74 Å². The van der Waals surface area contributed by atoms with Crippen molar-refractivity contribution in [3.63, 3.8) is 0 Å². The number of aliphatic hydroxyl groups is 1. The van der Waals surface area contributed by atoms with Crippen LogP contribution in [0.3, 0.4) is 0 Å². The first-order valence-electron chi connectivity index (χ1n) is 5.10. The van der Waals surface area contributed by atoms with Crippen molar-refractivity contribution >= 4 is 21.6 Å². The van der Waals surface area contributed by atoms with Gasteiger partial charge in [0, 0.05) is 39.1 Å². The number of hydrogen-bond acceptors (Lipinski definition) is 4. The van der Waals surface area contributed by atoms with Crippen molar-refractivity contribution in [1.82, 2.24) is 4.98 Å². The number of hydrogen-bond donors (Lipinski definition) is 2. The van der Waals surface area contributed by atoms with Crippen molar-refractivity contribution in [2.45, 2.75) is 18.9 Å². The van der Waals surface area contributed by atoms with E-state index in [2.05, 4.69) is 26.2 Å². The summed E-state index contributed by atoms with van der Waals surface area (Å²) in [6.07, 6.45) is 4.02. The molecule has 0 radical (unpaired) electrons. The molecule has 0 aliphatic carbocycles. The second-order valence-corrected chi connectivity index (χ2v) is 4.80. The van der Waals surface area contributed by atoms with E-state index in [1.807, 2.05) is 6.07 Å². The summed E-state index contributed by atoms with van der Waals surface area (Å²) in [7, 11) is 1.63. The maximum absolute atomic E-state index is 10.0. The fourth-order valence-electron chi connectivity index (χ4n) is 1.21. The molecule has 2 N–H and O–H groups in total. The molecule has 1 rings (SSSR count). The molecule has 1 heterocycles. The minimum Gasteiger partial charge on any atom is -0.388 e. The van der Waals surface area contributed by atoms with E-state index in [9.17, 15) is 5.11 Å². The van der Waals surface area contributed by atoms with Gasteiger partial charge in [0.15, 0.2) is 0 Å². The van der Waals surface area contributed by atoms with Gasteiger partial charge in [-0.15, -0.1) is 0 Å². The summed E-state index contributed by atoms with van der Waals surface area (Å²) in [6.45, 7) is 2.80. The Morgan fingerprint density at radius 3 is 3.00 bits per heavy atom. The molecule has 1 atom stereocenters. The van der Waals surface area contributed by atoms with E-state index < -0.39 is 5.60 Å². The van der Waals surface area contributed by atoms with Crippen LogP contribution in [0.15, 0.2) is 22.9 Å². The zero-order chi connectivity index (χ0) is 12.0. The number of halogens is 1. The van der Waals surface area contributed by atoms with Crippen LogP contribution in [0.1, 0.15) is 13.3 Å². The maximum Gasteiger partial charge on any atom is 0.0813 e. The number of nitrogens with one attached hydrogen (secondary N) is 1. The van der Waals surface area contributed by atoms with Gasteiger partial charge in [-0.2, -0.15) is 0 Å². The first-order chi connectivity index (χ1) is 7.55. The summed E-state index contributed by atoms with van der Waals surface area (Å²) in [5.74, 6) is 0. The van der Waals surface area contributed by atoms with Gasteiger partial charge in [0.1, 0.15) is 0 Å². The second-order valence-electron chi connectivity index (χ2n) is 3.95. The highest BCUT2D eigenvalue weighted by atomic mass is 79.9. The number of ether oxygens (including phenoxy) is 1. The average molecular weight is 289 g/mol. The normalized spacial score (nSPS) is 14.5. The highest BCUT2D eigenvalue weighted by Gasteiger charge is 2.19. The molecule has 0 spiro atoms. The third-order valence-corrected chi connectivity index (χ3v) is 2.91. The van der Waals surface area contributed by atoms with Crippen molar-refractivity contribution < 1.29 is 9.84 Å². The van der Waals surface area contributed by atoms with Crippen LogP contribution in [-0.4, -0.2) is 36.0 Å². The lowest BCUT2D eigenvalue weighted by molar-refractivity contribution is 0.0357. The standard InChI is InChI=1S/C11H17BrN2O2/c1-11(15,4-6-16-2)8-14-10-3-5-13-7-9(10)12/h3,5,7,15H,4,6,8H2,1-2H3,(H,13,14). The Balaban J connectivity index is 2.47. The molecule has 4 nitrogen and oxygen atoms in total. The maximum atomic E-state index is 10.0. The van der Waals surface area contributed by atoms with E-state index in [1.165, 1.54) is 0 Å². The molecule has 1 aromatic rings. The molecule has 0 bridgehead atoms. The van der Waals surface area contributed by atoms with Crippen molar-refractivity contribution in [3.05, 3.63) is 22.9 Å². The van der Waals surface area contributed by atoms with Gasteiger partial charge in [0.05, 0.1) is 15.8 Å². The van der Waals surface area contributed by atoms with Gasteiger partial charge in [-0.05, 0) is 28.9 Å². The van der Waals surface area contributed by atoms with Gasteiger partial charge in [0.2, 0.25) is 0 Å². The summed E-state index contributed by atoms with van der Waals surface area (Å²) < 4.78 is 5.83.